The molecule has 1 aliphatic carbocycles. The van der Waals surface area contributed by atoms with E-state index in [2.05, 4.69) is 5.32 Å². The van der Waals surface area contributed by atoms with Crippen molar-refractivity contribution in [1.29, 1.82) is 0 Å². The van der Waals surface area contributed by atoms with E-state index in [9.17, 15) is 9.59 Å². The highest BCUT2D eigenvalue weighted by Gasteiger charge is 2.64. The third-order valence-electron chi connectivity index (χ3n) is 4.08. The molecule has 0 aromatic heterocycles. The predicted molar refractivity (Wildman–Crippen MR) is 63.7 cm³/mol. The Morgan fingerprint density at radius 1 is 1.50 bits per heavy atom. The van der Waals surface area contributed by atoms with E-state index in [0.717, 1.165) is 6.42 Å². The number of carbonyl (C=O) groups is 2. The molecule has 0 aromatic carbocycles. The number of hydrogen-bond acceptors (Lipinski definition) is 4. The Balaban J connectivity index is 1.85. The van der Waals surface area contributed by atoms with Crippen LogP contribution in [-0.2, 0) is 9.53 Å². The molecule has 3 fully saturated rings. The second-order valence-electron chi connectivity index (χ2n) is 6.41. The molecule has 2 amide bonds. The number of fused-ring (bicyclic) bond motifs is 1. The maximum atomic E-state index is 12.2. The van der Waals surface area contributed by atoms with Crippen LogP contribution in [0.1, 0.15) is 27.2 Å². The van der Waals surface area contributed by atoms with Gasteiger partial charge in [-0.3, -0.25) is 9.69 Å². The summed E-state index contributed by atoms with van der Waals surface area (Å²) < 4.78 is 5.37. The average Bonchev–Trinajstić information content (AvgIpc) is 2.78. The van der Waals surface area contributed by atoms with E-state index >= 15 is 0 Å². The van der Waals surface area contributed by atoms with E-state index < -0.39 is 11.7 Å². The first-order valence-corrected chi connectivity index (χ1v) is 6.37. The lowest BCUT2D eigenvalue weighted by molar-refractivity contribution is -0.123. The molecule has 18 heavy (non-hydrogen) atoms. The zero-order chi connectivity index (χ0) is 13.2. The normalized spacial score (nSPS) is 41.2. The largest absolute Gasteiger partial charge is 0.444 e. The van der Waals surface area contributed by atoms with Crippen LogP contribution in [0.5, 0.6) is 0 Å². The third-order valence-corrected chi connectivity index (χ3v) is 4.08. The van der Waals surface area contributed by atoms with Gasteiger partial charge in [-0.1, -0.05) is 0 Å². The standard InChI is InChI=1S/C12H19N3O3/c1-12(2,3)18-11(17)15-6-4-5-8(7(6)13)14-10(16)9(5)15/h5-9H,4,13H2,1-3H3,(H,14,16)/t5-,6-,7+,8-,9-/m0/s1. The molecule has 0 spiro atoms. The maximum absolute atomic E-state index is 12.2. The van der Waals surface area contributed by atoms with Gasteiger partial charge >= 0.3 is 6.09 Å². The molecular weight excluding hydrogens is 234 g/mol. The molecule has 3 rings (SSSR count). The van der Waals surface area contributed by atoms with Crippen molar-refractivity contribution in [3.05, 3.63) is 0 Å². The van der Waals surface area contributed by atoms with Gasteiger partial charge in [-0.15, -0.1) is 0 Å². The molecule has 1 saturated carbocycles. The van der Waals surface area contributed by atoms with E-state index in [4.69, 9.17) is 10.5 Å². The monoisotopic (exact) mass is 253 g/mol. The molecule has 3 N–H and O–H groups in total. The first-order chi connectivity index (χ1) is 8.29. The van der Waals surface area contributed by atoms with E-state index in [0.29, 0.717) is 0 Å². The van der Waals surface area contributed by atoms with Crippen LogP contribution < -0.4 is 11.1 Å². The van der Waals surface area contributed by atoms with Crippen molar-refractivity contribution in [3.63, 3.8) is 0 Å². The lowest BCUT2D eigenvalue weighted by atomic mass is 9.97. The van der Waals surface area contributed by atoms with E-state index in [1.54, 1.807) is 4.90 Å². The zero-order valence-corrected chi connectivity index (χ0v) is 10.8. The average molecular weight is 253 g/mol. The Kier molecular flexibility index (Phi) is 2.21. The number of likely N-dealkylation sites (tertiary alicyclic amines) is 1. The van der Waals surface area contributed by atoms with Gasteiger partial charge in [0.05, 0.1) is 12.1 Å². The van der Waals surface area contributed by atoms with Crippen molar-refractivity contribution < 1.29 is 14.3 Å². The molecule has 6 heteroatoms. The van der Waals surface area contributed by atoms with Crippen molar-refractivity contribution in [3.8, 4) is 0 Å². The van der Waals surface area contributed by atoms with Crippen LogP contribution in [0.2, 0.25) is 0 Å². The number of amides is 2. The Hall–Kier alpha value is -1.30. The molecule has 2 bridgehead atoms. The number of nitrogens with zero attached hydrogens (tertiary/aromatic N) is 1. The number of nitrogens with one attached hydrogen (secondary N) is 1. The quantitative estimate of drug-likeness (QED) is 0.627. The summed E-state index contributed by atoms with van der Waals surface area (Å²) in [6.07, 6.45) is 0.375. The van der Waals surface area contributed by atoms with Crippen LogP contribution in [0.3, 0.4) is 0 Å². The Morgan fingerprint density at radius 3 is 2.78 bits per heavy atom. The summed E-state index contributed by atoms with van der Waals surface area (Å²) in [5.41, 5.74) is 5.53. The van der Waals surface area contributed by atoms with E-state index in [1.807, 2.05) is 20.8 Å². The SMILES string of the molecule is CC(C)(C)OC(=O)N1[C@@H]2C(=O)N[C@@H]3[C@H](N)[C@@H]1C[C@@H]32. The second-order valence-corrected chi connectivity index (χ2v) is 6.41. The minimum absolute atomic E-state index is 0.0335. The minimum Gasteiger partial charge on any atom is -0.444 e. The number of hydrogen-bond donors (Lipinski definition) is 2. The highest BCUT2D eigenvalue weighted by atomic mass is 16.6. The fraction of sp³-hybridized carbons (Fsp3) is 0.833. The first-order valence-electron chi connectivity index (χ1n) is 6.37. The molecule has 2 aliphatic heterocycles. The van der Waals surface area contributed by atoms with Crippen LogP contribution in [-0.4, -0.2) is 46.7 Å². The predicted octanol–water partition coefficient (Wildman–Crippen LogP) is -0.180. The minimum atomic E-state index is -0.558. The van der Waals surface area contributed by atoms with Gasteiger partial charge in [0.25, 0.3) is 0 Å². The molecule has 100 valence electrons. The summed E-state index contributed by atoms with van der Waals surface area (Å²) >= 11 is 0. The fourth-order valence-corrected chi connectivity index (χ4v) is 3.48. The molecule has 0 aromatic rings. The molecule has 6 nitrogen and oxygen atoms in total. The molecular formula is C12H19N3O3. The van der Waals surface area contributed by atoms with Crippen LogP contribution in [0, 0.1) is 5.92 Å². The smallest absolute Gasteiger partial charge is 0.411 e. The maximum Gasteiger partial charge on any atom is 0.411 e. The van der Waals surface area contributed by atoms with E-state index in [1.165, 1.54) is 0 Å². The number of ether oxygens (including phenoxy) is 1. The van der Waals surface area contributed by atoms with Crippen LogP contribution in [0.15, 0.2) is 0 Å². The van der Waals surface area contributed by atoms with Crippen molar-refractivity contribution in [2.45, 2.75) is 57.0 Å². The lowest BCUT2D eigenvalue weighted by Gasteiger charge is -2.35. The lowest BCUT2D eigenvalue weighted by Crippen LogP contribution is -2.57. The van der Waals surface area contributed by atoms with Crippen molar-refractivity contribution in [1.82, 2.24) is 10.2 Å². The Labute approximate surface area is 106 Å². The molecule has 5 atom stereocenters. The summed E-state index contributed by atoms with van der Waals surface area (Å²) in [7, 11) is 0. The Morgan fingerprint density at radius 2 is 2.17 bits per heavy atom. The third kappa shape index (κ3) is 1.44. The number of piperidine rings is 1. The first kappa shape index (κ1) is 11.8. The summed E-state index contributed by atoms with van der Waals surface area (Å²) in [6, 6.07) is -0.593. The molecule has 0 radical (unpaired) electrons. The van der Waals surface area contributed by atoms with Gasteiger partial charge < -0.3 is 15.8 Å². The van der Waals surface area contributed by atoms with Gasteiger partial charge in [0.2, 0.25) is 5.91 Å². The van der Waals surface area contributed by atoms with Gasteiger partial charge in [0.1, 0.15) is 11.6 Å². The van der Waals surface area contributed by atoms with Gasteiger partial charge in [-0.05, 0) is 27.2 Å². The van der Waals surface area contributed by atoms with Gasteiger partial charge in [0, 0.05) is 12.0 Å². The van der Waals surface area contributed by atoms with Gasteiger partial charge in [-0.25, -0.2) is 4.79 Å². The van der Waals surface area contributed by atoms with Crippen molar-refractivity contribution in [2.24, 2.45) is 11.7 Å². The number of rotatable bonds is 0. The van der Waals surface area contributed by atoms with Crippen LogP contribution in [0.4, 0.5) is 4.79 Å². The van der Waals surface area contributed by atoms with Crippen molar-refractivity contribution in [2.75, 3.05) is 0 Å². The highest BCUT2D eigenvalue weighted by molar-refractivity contribution is 5.90. The van der Waals surface area contributed by atoms with Gasteiger partial charge in [-0.2, -0.15) is 0 Å². The fourth-order valence-electron chi connectivity index (χ4n) is 3.48. The second kappa shape index (κ2) is 3.38. The zero-order valence-electron chi connectivity index (χ0n) is 10.8. The summed E-state index contributed by atoms with van der Waals surface area (Å²) in [5.74, 6) is 0.0660. The molecule has 0 unspecified atom stereocenters. The number of nitrogens with two attached hydrogens (primary N) is 1. The van der Waals surface area contributed by atoms with E-state index in [-0.39, 0.29) is 36.0 Å². The highest BCUT2D eigenvalue weighted by Crippen LogP contribution is 2.46. The van der Waals surface area contributed by atoms with Crippen molar-refractivity contribution >= 4 is 12.0 Å². The topological polar surface area (TPSA) is 84.7 Å². The van der Waals surface area contributed by atoms with Gasteiger partial charge in [0.15, 0.2) is 0 Å². The summed E-state index contributed by atoms with van der Waals surface area (Å²) in [4.78, 5) is 25.7. The molecule has 3 aliphatic rings. The van der Waals surface area contributed by atoms with Crippen LogP contribution in [0.25, 0.3) is 0 Å². The van der Waals surface area contributed by atoms with Crippen LogP contribution >= 0.6 is 0 Å². The number of carbonyl (C=O) groups excluding carboxylic acids is 2. The molecule has 2 heterocycles. The summed E-state index contributed by atoms with van der Waals surface area (Å²) in [5, 5.41) is 2.89. The Bertz CT molecular complexity index is 417. The summed E-state index contributed by atoms with van der Waals surface area (Å²) in [6.45, 7) is 5.45. The molecule has 2 saturated heterocycles.